The quantitative estimate of drug-likeness (QED) is 0.0333. The summed E-state index contributed by atoms with van der Waals surface area (Å²) >= 11 is 92.7. The van der Waals surface area contributed by atoms with Crippen LogP contribution in [0.25, 0.3) is 0 Å². The Morgan fingerprint density at radius 3 is 0.888 bits per heavy atom. The van der Waals surface area contributed by atoms with E-state index < -0.39 is 28.2 Å². The predicted octanol–water partition coefficient (Wildman–Crippen LogP) is 25.9. The van der Waals surface area contributed by atoms with Crippen molar-refractivity contribution in [3.05, 3.63) is 234 Å². The monoisotopic (exact) mass is 1700 g/mol. The zero-order valence-electron chi connectivity index (χ0n) is 51.5. The lowest BCUT2D eigenvalue weighted by atomic mass is 9.79. The third-order valence-electron chi connectivity index (χ3n) is 13.3. The standard InChI is InChI=1S/C19H20BCl3O4.C13H8BrCl3O2.C13H8Cl3NO4.C13H10Cl3NO2.C6H2Cl3NO2/c1-18(2)19(3,4)27-20(26-18)11-8-13(22)17(14(23)9-11)25-15-7-6-12(21)10-16(15)24-5;1-18-12-6-8(15)2-3-11(12)19-13-9(16)4-7(14)5-10(13)17;1-20-12-4-7(14)2-3-11(12)21-13-9(15)5-8(17(18)19)6-10(13)16;1-18-12-4-7(14)2-3-11(12)19-13-9(15)5-8(17)6-10(13)16;7-4-1-3(10(11)12)2-5(8)6(4)9/h6-10H,1-5H3;2-6H,1H3;2-6H,1H3;2-6H,17H2,1H3;1-2H. The van der Waals surface area contributed by atoms with Gasteiger partial charge < -0.3 is 52.9 Å². The molecule has 1 fully saturated rings. The van der Waals surface area contributed by atoms with Crippen molar-refractivity contribution < 1.29 is 57.1 Å². The van der Waals surface area contributed by atoms with Crippen LogP contribution in [0.4, 0.5) is 17.1 Å². The van der Waals surface area contributed by atoms with Gasteiger partial charge >= 0.3 is 7.12 Å². The molecule has 17 nitrogen and oxygen atoms in total. The topological polar surface area (TPSA) is 205 Å². The highest BCUT2D eigenvalue weighted by Gasteiger charge is 2.52. The van der Waals surface area contributed by atoms with Gasteiger partial charge in [0.1, 0.15) is 0 Å². The minimum Gasteiger partial charge on any atom is -0.493 e. The van der Waals surface area contributed by atoms with Crippen LogP contribution in [0.3, 0.4) is 0 Å². The van der Waals surface area contributed by atoms with Crippen molar-refractivity contribution >= 4 is 220 Å². The number of hydrogen-bond donors (Lipinski definition) is 1. The molecule has 0 saturated carbocycles. The number of nitrogens with two attached hydrogens (primary N) is 1. The van der Waals surface area contributed by atoms with Crippen LogP contribution in [0.15, 0.2) is 138 Å². The molecule has 0 spiro atoms. The molecule has 0 atom stereocenters. The molecule has 10 rings (SSSR count). The molecule has 0 bridgehead atoms. The number of halogens is 16. The van der Waals surface area contributed by atoms with E-state index in [1.54, 1.807) is 109 Å². The first-order chi connectivity index (χ1) is 46.0. The van der Waals surface area contributed by atoms with Gasteiger partial charge in [-0.25, -0.2) is 0 Å². The number of benzene rings is 9. The molecule has 518 valence electrons. The summed E-state index contributed by atoms with van der Waals surface area (Å²) in [5.41, 5.74) is 5.51. The van der Waals surface area contributed by atoms with Crippen LogP contribution in [-0.2, 0) is 9.31 Å². The minimum absolute atomic E-state index is 0.0196. The fourth-order valence-corrected chi connectivity index (χ4v) is 12.1. The highest BCUT2D eigenvalue weighted by molar-refractivity contribution is 9.10. The van der Waals surface area contributed by atoms with Gasteiger partial charge in [-0.2, -0.15) is 0 Å². The number of non-ortho nitro benzene ring substituents is 2. The maximum atomic E-state index is 10.7. The molecule has 1 saturated heterocycles. The predicted molar refractivity (Wildman–Crippen MR) is 401 cm³/mol. The van der Waals surface area contributed by atoms with Crippen LogP contribution >= 0.6 is 190 Å². The van der Waals surface area contributed by atoms with E-state index in [-0.39, 0.29) is 42.2 Å². The van der Waals surface area contributed by atoms with E-state index in [0.29, 0.717) is 119 Å². The Kier molecular flexibility index (Phi) is 30.5. The second-order valence-electron chi connectivity index (χ2n) is 20.5. The van der Waals surface area contributed by atoms with Gasteiger partial charge in [0.25, 0.3) is 11.4 Å². The number of hydrogen-bond acceptors (Lipinski definition) is 15. The Morgan fingerprint density at radius 1 is 0.378 bits per heavy atom. The Balaban J connectivity index is 0.000000197. The van der Waals surface area contributed by atoms with Gasteiger partial charge in [0.05, 0.1) is 105 Å². The van der Waals surface area contributed by atoms with Gasteiger partial charge in [-0.05, 0) is 118 Å². The van der Waals surface area contributed by atoms with Gasteiger partial charge in [0.15, 0.2) is 69.0 Å². The summed E-state index contributed by atoms with van der Waals surface area (Å²) in [5, 5.41) is 25.5. The van der Waals surface area contributed by atoms with Gasteiger partial charge in [0.2, 0.25) is 0 Å². The molecule has 0 amide bonds. The van der Waals surface area contributed by atoms with Crippen LogP contribution in [0, 0.1) is 20.2 Å². The average Bonchev–Trinajstić information content (AvgIpc) is 1.61. The van der Waals surface area contributed by atoms with Crippen molar-refractivity contribution in [1.82, 2.24) is 0 Å². The van der Waals surface area contributed by atoms with E-state index >= 15 is 0 Å². The minimum atomic E-state index is -0.593. The first-order valence-electron chi connectivity index (χ1n) is 27.2. The van der Waals surface area contributed by atoms with Crippen LogP contribution in [0.1, 0.15) is 27.7 Å². The van der Waals surface area contributed by atoms with Crippen molar-refractivity contribution in [2.75, 3.05) is 34.2 Å². The molecule has 1 aliphatic heterocycles. The number of nitro groups is 2. The van der Waals surface area contributed by atoms with E-state index in [9.17, 15) is 20.2 Å². The molecular weight excluding hydrogens is 1660 g/mol. The lowest BCUT2D eigenvalue weighted by Gasteiger charge is -2.32. The van der Waals surface area contributed by atoms with E-state index in [4.69, 9.17) is 227 Å². The largest absolute Gasteiger partial charge is 0.494 e. The molecule has 1 heterocycles. The summed E-state index contributed by atoms with van der Waals surface area (Å²) in [6.07, 6.45) is 0. The lowest BCUT2D eigenvalue weighted by Crippen LogP contribution is -2.41. The van der Waals surface area contributed by atoms with Crippen LogP contribution in [0.2, 0.25) is 75.3 Å². The Hall–Kier alpha value is -5.21. The molecule has 98 heavy (non-hydrogen) atoms. The zero-order chi connectivity index (χ0) is 72.8. The number of anilines is 1. The molecule has 2 N–H and O–H groups in total. The first kappa shape index (κ1) is 81.8. The molecule has 1 aliphatic rings. The van der Waals surface area contributed by atoms with Crippen molar-refractivity contribution in [1.29, 1.82) is 0 Å². The Bertz CT molecular complexity index is 4170. The number of nitrogen functional groups attached to an aromatic ring is 1. The summed E-state index contributed by atoms with van der Waals surface area (Å²) < 4.78 is 56.5. The second-order valence-corrected chi connectivity index (χ2v) is 27.6. The Morgan fingerprint density at radius 2 is 0.622 bits per heavy atom. The summed E-state index contributed by atoms with van der Waals surface area (Å²) in [5.74, 6) is 4.68. The third-order valence-corrected chi connectivity index (χ3v) is 18.1. The molecule has 9 aromatic carbocycles. The van der Waals surface area contributed by atoms with Gasteiger partial charge in [0, 0.05) is 78.8 Å². The molecule has 0 unspecified atom stereocenters. The van der Waals surface area contributed by atoms with Gasteiger partial charge in [-0.15, -0.1) is 0 Å². The van der Waals surface area contributed by atoms with E-state index in [1.165, 1.54) is 28.4 Å². The SMILES string of the molecule is COc1cc(Cl)ccc1Oc1c(Cl)cc(B2OC(C)(C)C(C)(C)O2)cc1Cl.COc1cc(Cl)ccc1Oc1c(Cl)cc(Br)cc1Cl.COc1cc(Cl)ccc1Oc1c(Cl)cc(N)cc1Cl.COc1cc(Cl)ccc1Oc1c(Cl)cc([N+](=O)[O-])cc1Cl.O=[N+]([O-])c1cc(Cl)c(Cl)c(Cl)c1. The summed E-state index contributed by atoms with van der Waals surface area (Å²) in [7, 11) is 5.47. The molecule has 34 heteroatoms. The lowest BCUT2D eigenvalue weighted by molar-refractivity contribution is -0.385. The maximum Gasteiger partial charge on any atom is 0.494 e. The first-order valence-corrected chi connectivity index (χ1v) is 33.7. The van der Waals surface area contributed by atoms with Gasteiger partial charge in [-0.1, -0.05) is 190 Å². The third kappa shape index (κ3) is 22.2. The number of ether oxygens (including phenoxy) is 8. The van der Waals surface area contributed by atoms with E-state index in [1.807, 2.05) is 27.7 Å². The highest BCUT2D eigenvalue weighted by Crippen LogP contribution is 2.47. The number of nitro benzene ring substituents is 2. The molecule has 9 aromatic rings. The van der Waals surface area contributed by atoms with Crippen LogP contribution < -0.4 is 49.1 Å². The summed E-state index contributed by atoms with van der Waals surface area (Å²) in [6, 6.07) is 34.4. The summed E-state index contributed by atoms with van der Waals surface area (Å²) in [6.45, 7) is 7.95. The van der Waals surface area contributed by atoms with Crippen molar-refractivity contribution in [3.8, 4) is 69.0 Å². The smallest absolute Gasteiger partial charge is 0.493 e. The molecular formula is C64H48BBrCl15N3O14. The van der Waals surface area contributed by atoms with Crippen molar-refractivity contribution in [2.24, 2.45) is 0 Å². The molecule has 0 aliphatic carbocycles. The average molecular weight is 1710 g/mol. The fourth-order valence-electron chi connectivity index (χ4n) is 7.84. The molecule has 0 radical (unpaired) electrons. The molecule has 0 aromatic heterocycles. The number of nitrogens with zero attached hydrogens (tertiary/aromatic N) is 2. The van der Waals surface area contributed by atoms with Crippen LogP contribution in [-0.4, -0.2) is 56.6 Å². The second kappa shape index (κ2) is 36.6. The zero-order valence-corrected chi connectivity index (χ0v) is 64.4. The Labute approximate surface area is 646 Å². The van der Waals surface area contributed by atoms with E-state index in [2.05, 4.69) is 15.9 Å². The fraction of sp³-hybridized carbons (Fsp3) is 0.156. The number of methoxy groups -OCH3 is 4. The van der Waals surface area contributed by atoms with Crippen LogP contribution in [0.5, 0.6) is 69.0 Å². The number of rotatable bonds is 15. The highest BCUT2D eigenvalue weighted by atomic mass is 79.9. The van der Waals surface area contributed by atoms with E-state index in [0.717, 1.165) is 34.2 Å². The van der Waals surface area contributed by atoms with Crippen molar-refractivity contribution in [3.63, 3.8) is 0 Å². The van der Waals surface area contributed by atoms with Crippen molar-refractivity contribution in [2.45, 2.75) is 38.9 Å². The maximum absolute atomic E-state index is 10.7. The van der Waals surface area contributed by atoms with Gasteiger partial charge in [-0.3, -0.25) is 20.2 Å². The normalized spacial score (nSPS) is 12.3. The summed E-state index contributed by atoms with van der Waals surface area (Å²) in [4.78, 5) is 19.8.